The maximum Gasteiger partial charge on any atom is 0.276 e. The van der Waals surface area contributed by atoms with Crippen LogP contribution in [-0.2, 0) is 0 Å². The highest BCUT2D eigenvalue weighted by Gasteiger charge is 2.09. The highest BCUT2D eigenvalue weighted by Crippen LogP contribution is 2.17. The Morgan fingerprint density at radius 2 is 1.61 bits per heavy atom. The van der Waals surface area contributed by atoms with E-state index in [1.165, 1.54) is 12.1 Å². The second kappa shape index (κ2) is 6.65. The number of para-hydroxylation sites is 2. The quantitative estimate of drug-likeness (QED) is 0.772. The second-order valence-corrected chi connectivity index (χ2v) is 4.73. The van der Waals surface area contributed by atoms with Crippen LogP contribution in [0.2, 0.25) is 0 Å². The molecule has 0 saturated carbocycles. The fourth-order valence-corrected chi connectivity index (χ4v) is 1.94. The molecule has 2 N–H and O–H groups in total. The zero-order valence-corrected chi connectivity index (χ0v) is 12.0. The summed E-state index contributed by atoms with van der Waals surface area (Å²) in [4.78, 5) is 12.0. The van der Waals surface area contributed by atoms with Crippen molar-refractivity contribution in [3.63, 3.8) is 0 Å². The molecule has 0 aliphatic rings. The minimum absolute atomic E-state index is 0.174. The summed E-state index contributed by atoms with van der Waals surface area (Å²) in [5.41, 5.74) is 1.14. The van der Waals surface area contributed by atoms with Gasteiger partial charge >= 0.3 is 0 Å². The lowest BCUT2D eigenvalue weighted by atomic mass is 10.3. The zero-order chi connectivity index (χ0) is 16.1. The van der Waals surface area contributed by atoms with Crippen molar-refractivity contribution < 1.29 is 9.18 Å². The molecule has 0 aliphatic heterocycles. The molecule has 3 rings (SSSR count). The third-order valence-corrected chi connectivity index (χ3v) is 3.07. The molecule has 1 amide bonds. The van der Waals surface area contributed by atoms with E-state index in [2.05, 4.69) is 20.8 Å². The van der Waals surface area contributed by atoms with Gasteiger partial charge in [-0.05, 0) is 36.4 Å². The van der Waals surface area contributed by atoms with Crippen LogP contribution in [0, 0.1) is 5.82 Å². The van der Waals surface area contributed by atoms with Crippen LogP contribution in [0.15, 0.2) is 66.7 Å². The van der Waals surface area contributed by atoms with E-state index < -0.39 is 0 Å². The number of aromatic nitrogens is 2. The van der Waals surface area contributed by atoms with Crippen molar-refractivity contribution >= 4 is 23.1 Å². The number of anilines is 3. The summed E-state index contributed by atoms with van der Waals surface area (Å²) in [5, 5.41) is 13.3. The minimum atomic E-state index is -0.389. The zero-order valence-electron chi connectivity index (χ0n) is 12.0. The largest absolute Gasteiger partial charge is 0.336 e. The van der Waals surface area contributed by atoms with Crippen molar-refractivity contribution in [3.05, 3.63) is 78.2 Å². The molecule has 1 heterocycles. The molecule has 114 valence electrons. The SMILES string of the molecule is O=C(Nc1ccccc1)c1ccc(Nc2ccccc2F)nn1. The van der Waals surface area contributed by atoms with Gasteiger partial charge in [-0.2, -0.15) is 0 Å². The van der Waals surface area contributed by atoms with E-state index in [9.17, 15) is 9.18 Å². The maximum absolute atomic E-state index is 13.6. The van der Waals surface area contributed by atoms with Crippen LogP contribution in [0.4, 0.5) is 21.6 Å². The Kier molecular flexibility index (Phi) is 4.24. The van der Waals surface area contributed by atoms with Gasteiger partial charge in [0.05, 0.1) is 5.69 Å². The average molecular weight is 308 g/mol. The number of hydrogen-bond donors (Lipinski definition) is 2. The van der Waals surface area contributed by atoms with Crippen molar-refractivity contribution in [2.24, 2.45) is 0 Å². The Labute approximate surface area is 132 Å². The van der Waals surface area contributed by atoms with Crippen LogP contribution in [0.25, 0.3) is 0 Å². The summed E-state index contributed by atoms with van der Waals surface area (Å²) in [6.45, 7) is 0. The minimum Gasteiger partial charge on any atom is -0.336 e. The van der Waals surface area contributed by atoms with Crippen LogP contribution in [0.3, 0.4) is 0 Å². The van der Waals surface area contributed by atoms with Gasteiger partial charge in [0, 0.05) is 5.69 Å². The van der Waals surface area contributed by atoms with Crippen molar-refractivity contribution in [2.75, 3.05) is 10.6 Å². The van der Waals surface area contributed by atoms with Gasteiger partial charge in [0.2, 0.25) is 0 Å². The fourth-order valence-electron chi connectivity index (χ4n) is 1.94. The van der Waals surface area contributed by atoms with E-state index in [0.717, 1.165) is 0 Å². The number of halogens is 1. The van der Waals surface area contributed by atoms with Gasteiger partial charge in [0.25, 0.3) is 5.91 Å². The maximum atomic E-state index is 13.6. The number of nitrogens with one attached hydrogen (secondary N) is 2. The molecule has 0 atom stereocenters. The molecule has 5 nitrogen and oxygen atoms in total. The van der Waals surface area contributed by atoms with E-state index in [0.29, 0.717) is 17.2 Å². The van der Waals surface area contributed by atoms with Crippen LogP contribution in [-0.4, -0.2) is 16.1 Å². The Morgan fingerprint density at radius 1 is 0.870 bits per heavy atom. The predicted molar refractivity (Wildman–Crippen MR) is 86.1 cm³/mol. The summed E-state index contributed by atoms with van der Waals surface area (Å²) >= 11 is 0. The third kappa shape index (κ3) is 3.68. The second-order valence-electron chi connectivity index (χ2n) is 4.73. The molecule has 0 aliphatic carbocycles. The number of carbonyl (C=O) groups excluding carboxylic acids is 1. The molecule has 2 aromatic carbocycles. The number of hydrogen-bond acceptors (Lipinski definition) is 4. The molecule has 3 aromatic rings. The van der Waals surface area contributed by atoms with E-state index in [1.807, 2.05) is 18.2 Å². The lowest BCUT2D eigenvalue weighted by Gasteiger charge is -2.07. The first-order chi connectivity index (χ1) is 11.2. The molecule has 0 unspecified atom stereocenters. The van der Waals surface area contributed by atoms with Gasteiger partial charge in [-0.3, -0.25) is 4.79 Å². The monoisotopic (exact) mass is 308 g/mol. The van der Waals surface area contributed by atoms with Gasteiger partial charge in [-0.1, -0.05) is 30.3 Å². The van der Waals surface area contributed by atoms with Gasteiger partial charge < -0.3 is 10.6 Å². The van der Waals surface area contributed by atoms with Crippen molar-refractivity contribution in [1.82, 2.24) is 10.2 Å². The Morgan fingerprint density at radius 3 is 2.30 bits per heavy atom. The van der Waals surface area contributed by atoms with Crippen LogP contribution < -0.4 is 10.6 Å². The molecule has 0 fully saturated rings. The first-order valence-electron chi connectivity index (χ1n) is 6.94. The fraction of sp³-hybridized carbons (Fsp3) is 0. The van der Waals surface area contributed by atoms with Gasteiger partial charge in [-0.15, -0.1) is 10.2 Å². The molecule has 0 spiro atoms. The molecule has 23 heavy (non-hydrogen) atoms. The molecular formula is C17H13FN4O. The van der Waals surface area contributed by atoms with Crippen LogP contribution in [0.5, 0.6) is 0 Å². The number of nitrogens with zero attached hydrogens (tertiary/aromatic N) is 2. The first kappa shape index (κ1) is 14.6. The molecule has 1 aromatic heterocycles. The molecule has 0 saturated heterocycles. The van der Waals surface area contributed by atoms with E-state index in [-0.39, 0.29) is 17.4 Å². The summed E-state index contributed by atoms with van der Waals surface area (Å²) in [5.74, 6) is -0.396. The van der Waals surface area contributed by atoms with Crippen LogP contribution in [0.1, 0.15) is 10.5 Å². The van der Waals surface area contributed by atoms with Gasteiger partial charge in [0.15, 0.2) is 11.5 Å². The smallest absolute Gasteiger partial charge is 0.276 e. The molecule has 6 heteroatoms. The molecule has 0 radical (unpaired) electrons. The molecular weight excluding hydrogens is 295 g/mol. The lowest BCUT2D eigenvalue weighted by Crippen LogP contribution is -2.14. The lowest BCUT2D eigenvalue weighted by molar-refractivity contribution is 0.102. The number of carbonyl (C=O) groups is 1. The molecule has 0 bridgehead atoms. The number of amides is 1. The first-order valence-corrected chi connectivity index (χ1v) is 6.94. The van der Waals surface area contributed by atoms with E-state index >= 15 is 0 Å². The van der Waals surface area contributed by atoms with Crippen LogP contribution >= 0.6 is 0 Å². The predicted octanol–water partition coefficient (Wildman–Crippen LogP) is 3.61. The Balaban J connectivity index is 1.69. The summed E-state index contributed by atoms with van der Waals surface area (Å²) in [6, 6.07) is 18.4. The summed E-state index contributed by atoms with van der Waals surface area (Å²) in [7, 11) is 0. The number of rotatable bonds is 4. The highest BCUT2D eigenvalue weighted by atomic mass is 19.1. The highest BCUT2D eigenvalue weighted by molar-refractivity contribution is 6.02. The average Bonchev–Trinajstić information content (AvgIpc) is 2.58. The van der Waals surface area contributed by atoms with E-state index in [1.54, 1.807) is 36.4 Å². The van der Waals surface area contributed by atoms with Crippen molar-refractivity contribution in [3.8, 4) is 0 Å². The third-order valence-electron chi connectivity index (χ3n) is 3.07. The van der Waals surface area contributed by atoms with Crippen molar-refractivity contribution in [2.45, 2.75) is 0 Å². The Hall–Kier alpha value is -3.28. The normalized spacial score (nSPS) is 10.1. The van der Waals surface area contributed by atoms with Gasteiger partial charge in [-0.25, -0.2) is 4.39 Å². The topological polar surface area (TPSA) is 66.9 Å². The summed E-state index contributed by atoms with van der Waals surface area (Å²) in [6.07, 6.45) is 0. The number of benzene rings is 2. The van der Waals surface area contributed by atoms with Crippen molar-refractivity contribution in [1.29, 1.82) is 0 Å². The van der Waals surface area contributed by atoms with E-state index in [4.69, 9.17) is 0 Å². The Bertz CT molecular complexity index is 806. The summed E-state index contributed by atoms with van der Waals surface area (Å²) < 4.78 is 13.6. The van der Waals surface area contributed by atoms with Gasteiger partial charge in [0.1, 0.15) is 5.82 Å². The standard InChI is InChI=1S/C17H13FN4O/c18-13-8-4-5-9-14(13)20-16-11-10-15(21-22-16)17(23)19-12-6-2-1-3-7-12/h1-11H,(H,19,23)(H,20,22).